The maximum Gasteiger partial charge on any atom is 0.0691 e. The molecule has 1 aromatic rings. The lowest BCUT2D eigenvalue weighted by Gasteiger charge is -2.20. The summed E-state index contributed by atoms with van der Waals surface area (Å²) < 4.78 is 0. The van der Waals surface area contributed by atoms with E-state index < -0.39 is 0 Å². The zero-order valence-corrected chi connectivity index (χ0v) is 10.2. The van der Waals surface area contributed by atoms with Crippen LogP contribution in [0.3, 0.4) is 0 Å². The molecule has 0 aliphatic carbocycles. The van der Waals surface area contributed by atoms with Gasteiger partial charge in [-0.05, 0) is 12.0 Å². The molecule has 0 aliphatic heterocycles. The van der Waals surface area contributed by atoms with Gasteiger partial charge in [0.2, 0.25) is 0 Å². The lowest BCUT2D eigenvalue weighted by atomic mass is 10.0. The van der Waals surface area contributed by atoms with Gasteiger partial charge in [-0.1, -0.05) is 49.6 Å². The van der Waals surface area contributed by atoms with Crippen LogP contribution in [0.1, 0.15) is 37.8 Å². The Hall–Kier alpha value is -1.77. The third-order valence-electron chi connectivity index (χ3n) is 2.68. The average Bonchev–Trinajstić information content (AvgIpc) is 2.38. The molecular weight excluding hydrogens is 208 g/mol. The second kappa shape index (κ2) is 7.49. The van der Waals surface area contributed by atoms with Gasteiger partial charge in [0, 0.05) is 6.04 Å². The van der Waals surface area contributed by atoms with Crippen molar-refractivity contribution in [2.45, 2.75) is 38.3 Å². The van der Waals surface area contributed by atoms with Crippen molar-refractivity contribution in [3.63, 3.8) is 0 Å². The van der Waals surface area contributed by atoms with Gasteiger partial charge in [0.1, 0.15) is 0 Å². The molecule has 1 rings (SSSR count). The van der Waals surface area contributed by atoms with E-state index >= 15 is 0 Å². The van der Waals surface area contributed by atoms with E-state index in [4.69, 9.17) is 11.7 Å². The molecule has 0 saturated carbocycles. The van der Waals surface area contributed by atoms with Gasteiger partial charge in [-0.25, -0.2) is 0 Å². The van der Waals surface area contributed by atoms with Crippen molar-refractivity contribution in [2.75, 3.05) is 0 Å². The Morgan fingerprint density at radius 3 is 2.59 bits per heavy atom. The first kappa shape index (κ1) is 13.3. The standard InChI is InChI=1S/C15H18N2/c1-3-8-14(4-2)17-15(11-12-16)13-9-6-5-7-10-13/h2,5-7,9-10,14-15,17H,3,8,11H2,1H3. The van der Waals surface area contributed by atoms with E-state index in [0.29, 0.717) is 6.42 Å². The SMILES string of the molecule is C#CC(CCC)NC(CC#N)c1ccccc1. The maximum atomic E-state index is 8.87. The van der Waals surface area contributed by atoms with Crippen LogP contribution in [0.5, 0.6) is 0 Å². The van der Waals surface area contributed by atoms with Gasteiger partial charge in [0.25, 0.3) is 0 Å². The van der Waals surface area contributed by atoms with Gasteiger partial charge in [-0.2, -0.15) is 5.26 Å². The predicted molar refractivity (Wildman–Crippen MR) is 70.1 cm³/mol. The molecule has 88 valence electrons. The summed E-state index contributed by atoms with van der Waals surface area (Å²) in [6, 6.07) is 12.2. The summed E-state index contributed by atoms with van der Waals surface area (Å²) in [5, 5.41) is 12.2. The van der Waals surface area contributed by atoms with Crippen molar-refractivity contribution in [2.24, 2.45) is 0 Å². The topological polar surface area (TPSA) is 35.8 Å². The quantitative estimate of drug-likeness (QED) is 0.757. The smallest absolute Gasteiger partial charge is 0.0691 e. The van der Waals surface area contributed by atoms with Crippen molar-refractivity contribution < 1.29 is 0 Å². The van der Waals surface area contributed by atoms with Gasteiger partial charge in [0.05, 0.1) is 18.5 Å². The first-order chi connectivity index (χ1) is 8.31. The molecule has 1 aromatic carbocycles. The van der Waals surface area contributed by atoms with Crippen LogP contribution in [0.4, 0.5) is 0 Å². The summed E-state index contributed by atoms with van der Waals surface area (Å²) in [7, 11) is 0. The molecule has 2 unspecified atom stereocenters. The van der Waals surface area contributed by atoms with Gasteiger partial charge in [-0.15, -0.1) is 6.42 Å². The van der Waals surface area contributed by atoms with E-state index in [0.717, 1.165) is 18.4 Å². The van der Waals surface area contributed by atoms with Gasteiger partial charge in [-0.3, -0.25) is 5.32 Å². The second-order valence-corrected chi connectivity index (χ2v) is 4.00. The zero-order valence-electron chi connectivity index (χ0n) is 10.2. The van der Waals surface area contributed by atoms with Crippen LogP contribution in [-0.2, 0) is 0 Å². The van der Waals surface area contributed by atoms with Crippen LogP contribution in [0.15, 0.2) is 30.3 Å². The summed E-state index contributed by atoms with van der Waals surface area (Å²) in [5.74, 6) is 2.74. The highest BCUT2D eigenvalue weighted by molar-refractivity contribution is 5.20. The molecule has 0 heterocycles. The van der Waals surface area contributed by atoms with Crippen molar-refractivity contribution >= 4 is 0 Å². The van der Waals surface area contributed by atoms with Crippen molar-refractivity contribution in [3.05, 3.63) is 35.9 Å². The fraction of sp³-hybridized carbons (Fsp3) is 0.400. The van der Waals surface area contributed by atoms with Crippen molar-refractivity contribution in [1.29, 1.82) is 5.26 Å². The number of benzene rings is 1. The fourth-order valence-corrected chi connectivity index (χ4v) is 1.80. The lowest BCUT2D eigenvalue weighted by molar-refractivity contribution is 0.475. The molecule has 2 heteroatoms. The van der Waals surface area contributed by atoms with Crippen molar-refractivity contribution in [1.82, 2.24) is 5.32 Å². The highest BCUT2D eigenvalue weighted by Crippen LogP contribution is 2.17. The van der Waals surface area contributed by atoms with Crippen LogP contribution in [-0.4, -0.2) is 6.04 Å². The Morgan fingerprint density at radius 2 is 2.06 bits per heavy atom. The van der Waals surface area contributed by atoms with Gasteiger partial charge in [0.15, 0.2) is 0 Å². The van der Waals surface area contributed by atoms with Crippen LogP contribution in [0.2, 0.25) is 0 Å². The number of rotatable bonds is 6. The van der Waals surface area contributed by atoms with Crippen LogP contribution < -0.4 is 5.32 Å². The van der Waals surface area contributed by atoms with Gasteiger partial charge >= 0.3 is 0 Å². The van der Waals surface area contributed by atoms with Gasteiger partial charge < -0.3 is 0 Å². The molecule has 0 bridgehead atoms. The van der Waals surface area contributed by atoms with E-state index in [1.165, 1.54) is 0 Å². The summed E-state index contributed by atoms with van der Waals surface area (Å²) in [5.41, 5.74) is 1.12. The Morgan fingerprint density at radius 1 is 1.35 bits per heavy atom. The molecule has 0 aromatic heterocycles. The number of nitriles is 1. The number of hydrogen-bond acceptors (Lipinski definition) is 2. The van der Waals surface area contributed by atoms with Crippen molar-refractivity contribution in [3.8, 4) is 18.4 Å². The number of terminal acetylenes is 1. The molecule has 0 saturated heterocycles. The first-order valence-corrected chi connectivity index (χ1v) is 5.95. The molecule has 0 fully saturated rings. The average molecular weight is 226 g/mol. The molecule has 0 spiro atoms. The third-order valence-corrected chi connectivity index (χ3v) is 2.68. The molecule has 0 amide bonds. The molecule has 2 atom stereocenters. The number of nitrogens with zero attached hydrogens (tertiary/aromatic N) is 1. The lowest BCUT2D eigenvalue weighted by Crippen LogP contribution is -2.31. The molecule has 17 heavy (non-hydrogen) atoms. The number of hydrogen-bond donors (Lipinski definition) is 1. The normalized spacial score (nSPS) is 13.4. The number of nitrogens with one attached hydrogen (secondary N) is 1. The van der Waals surface area contributed by atoms with E-state index in [-0.39, 0.29) is 12.1 Å². The van der Waals surface area contributed by atoms with Crippen LogP contribution in [0.25, 0.3) is 0 Å². The van der Waals surface area contributed by atoms with E-state index in [2.05, 4.69) is 24.2 Å². The molecular formula is C15H18N2. The predicted octanol–water partition coefficient (Wildman–Crippen LogP) is 3.03. The second-order valence-electron chi connectivity index (χ2n) is 4.00. The molecule has 1 N–H and O–H groups in total. The van der Waals surface area contributed by atoms with Crippen LogP contribution in [0, 0.1) is 23.7 Å². The Kier molecular flexibility index (Phi) is 5.86. The largest absolute Gasteiger partial charge is 0.296 e. The Labute approximate surface area is 104 Å². The molecule has 0 radical (unpaired) electrons. The minimum absolute atomic E-state index is 0.0220. The Balaban J connectivity index is 2.74. The molecule has 2 nitrogen and oxygen atoms in total. The maximum absolute atomic E-state index is 8.87. The minimum atomic E-state index is 0.0220. The monoisotopic (exact) mass is 226 g/mol. The zero-order chi connectivity index (χ0) is 12.5. The van der Waals surface area contributed by atoms with E-state index in [1.807, 2.05) is 30.3 Å². The summed E-state index contributed by atoms with van der Waals surface area (Å²) >= 11 is 0. The first-order valence-electron chi connectivity index (χ1n) is 5.95. The summed E-state index contributed by atoms with van der Waals surface area (Å²) in [4.78, 5) is 0. The third kappa shape index (κ3) is 4.31. The Bertz CT molecular complexity index is 397. The molecule has 0 aliphatic rings. The highest BCUT2D eigenvalue weighted by atomic mass is 14.9. The van der Waals surface area contributed by atoms with E-state index in [9.17, 15) is 0 Å². The minimum Gasteiger partial charge on any atom is -0.296 e. The summed E-state index contributed by atoms with van der Waals surface area (Å²) in [6.45, 7) is 2.10. The highest BCUT2D eigenvalue weighted by Gasteiger charge is 2.14. The van der Waals surface area contributed by atoms with Crippen LogP contribution >= 0.6 is 0 Å². The fourth-order valence-electron chi connectivity index (χ4n) is 1.80. The van der Waals surface area contributed by atoms with E-state index in [1.54, 1.807) is 0 Å². The summed E-state index contributed by atoms with van der Waals surface area (Å²) in [6.07, 6.45) is 7.90.